The standard InChI is InChI=1S/C12H16FNO2S/c1-14-6-7-16-10(8-14)9-17(15)12-5-3-2-4-11(12)13/h2-5,10H,6-9H2,1H3. The van der Waals surface area contributed by atoms with E-state index in [1.165, 1.54) is 6.07 Å². The second kappa shape index (κ2) is 5.71. The van der Waals surface area contributed by atoms with Gasteiger partial charge in [-0.2, -0.15) is 0 Å². The number of likely N-dealkylation sites (N-methyl/N-ethyl adjacent to an activating group) is 1. The van der Waals surface area contributed by atoms with E-state index in [1.54, 1.807) is 18.2 Å². The lowest BCUT2D eigenvalue weighted by Crippen LogP contribution is -2.42. The van der Waals surface area contributed by atoms with E-state index >= 15 is 0 Å². The Morgan fingerprint density at radius 2 is 2.29 bits per heavy atom. The molecule has 0 saturated carbocycles. The molecule has 1 fully saturated rings. The van der Waals surface area contributed by atoms with Crippen molar-refractivity contribution >= 4 is 10.8 Å². The Balaban J connectivity index is 1.99. The zero-order valence-corrected chi connectivity index (χ0v) is 10.6. The van der Waals surface area contributed by atoms with Crippen LogP contribution in [0.15, 0.2) is 29.2 Å². The summed E-state index contributed by atoms with van der Waals surface area (Å²) in [4.78, 5) is 2.40. The van der Waals surface area contributed by atoms with Gasteiger partial charge in [0.2, 0.25) is 0 Å². The molecule has 0 spiro atoms. The van der Waals surface area contributed by atoms with Crippen LogP contribution in [0.1, 0.15) is 0 Å². The SMILES string of the molecule is CN1CCOC(CS(=O)c2ccccc2F)C1. The molecule has 0 amide bonds. The smallest absolute Gasteiger partial charge is 0.139 e. The maximum absolute atomic E-state index is 13.4. The summed E-state index contributed by atoms with van der Waals surface area (Å²) in [6.45, 7) is 2.29. The van der Waals surface area contributed by atoms with E-state index < -0.39 is 16.6 Å². The quantitative estimate of drug-likeness (QED) is 0.816. The fraction of sp³-hybridized carbons (Fsp3) is 0.500. The summed E-state index contributed by atoms with van der Waals surface area (Å²) in [5.41, 5.74) is 0. The monoisotopic (exact) mass is 257 g/mol. The average molecular weight is 257 g/mol. The molecular weight excluding hydrogens is 241 g/mol. The molecule has 94 valence electrons. The van der Waals surface area contributed by atoms with Crippen molar-refractivity contribution in [2.45, 2.75) is 11.0 Å². The normalized spacial score (nSPS) is 23.5. The fourth-order valence-electron chi connectivity index (χ4n) is 1.86. The number of hydrogen-bond acceptors (Lipinski definition) is 3. The van der Waals surface area contributed by atoms with Crippen LogP contribution < -0.4 is 0 Å². The van der Waals surface area contributed by atoms with Crippen LogP contribution in [0.2, 0.25) is 0 Å². The van der Waals surface area contributed by atoms with Crippen LogP contribution in [-0.4, -0.2) is 47.7 Å². The van der Waals surface area contributed by atoms with E-state index in [1.807, 2.05) is 7.05 Å². The second-order valence-corrected chi connectivity index (χ2v) is 5.66. The Bertz CT molecular complexity index is 413. The summed E-state index contributed by atoms with van der Waals surface area (Å²) in [6, 6.07) is 6.20. The minimum absolute atomic E-state index is 0.0748. The molecule has 2 rings (SSSR count). The molecule has 0 radical (unpaired) electrons. The number of ether oxygens (including phenoxy) is 1. The molecule has 1 saturated heterocycles. The minimum atomic E-state index is -1.33. The Morgan fingerprint density at radius 1 is 1.53 bits per heavy atom. The van der Waals surface area contributed by atoms with Crippen LogP contribution in [0, 0.1) is 5.82 Å². The first kappa shape index (κ1) is 12.7. The number of nitrogens with zero attached hydrogens (tertiary/aromatic N) is 1. The molecule has 2 unspecified atom stereocenters. The third-order valence-electron chi connectivity index (χ3n) is 2.76. The minimum Gasteiger partial charge on any atom is -0.375 e. The van der Waals surface area contributed by atoms with Gasteiger partial charge in [-0.1, -0.05) is 12.1 Å². The van der Waals surface area contributed by atoms with Crippen LogP contribution in [0.3, 0.4) is 0 Å². The lowest BCUT2D eigenvalue weighted by Gasteiger charge is -2.29. The Hall–Kier alpha value is -0.780. The highest BCUT2D eigenvalue weighted by atomic mass is 32.2. The van der Waals surface area contributed by atoms with Crippen molar-refractivity contribution in [2.75, 3.05) is 32.5 Å². The largest absolute Gasteiger partial charge is 0.375 e. The van der Waals surface area contributed by atoms with E-state index in [-0.39, 0.29) is 11.0 Å². The molecule has 2 atom stereocenters. The number of hydrogen-bond donors (Lipinski definition) is 0. The lowest BCUT2D eigenvalue weighted by molar-refractivity contribution is -0.00641. The average Bonchev–Trinajstić information content (AvgIpc) is 2.29. The Morgan fingerprint density at radius 3 is 3.00 bits per heavy atom. The molecule has 0 aromatic heterocycles. The van der Waals surface area contributed by atoms with Gasteiger partial charge in [-0.25, -0.2) is 4.39 Å². The molecule has 1 aromatic rings. The van der Waals surface area contributed by atoms with Crippen molar-refractivity contribution in [2.24, 2.45) is 0 Å². The van der Waals surface area contributed by atoms with Gasteiger partial charge < -0.3 is 9.64 Å². The summed E-state index contributed by atoms with van der Waals surface area (Å²) < 4.78 is 31.0. The molecule has 17 heavy (non-hydrogen) atoms. The number of halogens is 1. The number of morpholine rings is 1. The highest BCUT2D eigenvalue weighted by Crippen LogP contribution is 2.14. The highest BCUT2D eigenvalue weighted by molar-refractivity contribution is 7.85. The molecular formula is C12H16FNO2S. The van der Waals surface area contributed by atoms with Crippen molar-refractivity contribution in [3.05, 3.63) is 30.1 Å². The van der Waals surface area contributed by atoms with Gasteiger partial charge in [0, 0.05) is 13.1 Å². The first-order chi connectivity index (χ1) is 8.16. The predicted molar refractivity (Wildman–Crippen MR) is 64.9 cm³/mol. The van der Waals surface area contributed by atoms with Gasteiger partial charge >= 0.3 is 0 Å². The van der Waals surface area contributed by atoms with Crippen LogP contribution in [-0.2, 0) is 15.5 Å². The molecule has 3 nitrogen and oxygen atoms in total. The summed E-state index contributed by atoms with van der Waals surface area (Å²) in [5.74, 6) is -0.0550. The Labute approximate surface area is 103 Å². The van der Waals surface area contributed by atoms with Crippen molar-refractivity contribution in [1.82, 2.24) is 4.90 Å². The van der Waals surface area contributed by atoms with E-state index in [0.29, 0.717) is 12.4 Å². The molecule has 1 heterocycles. The molecule has 5 heteroatoms. The first-order valence-corrected chi connectivity index (χ1v) is 6.92. The van der Waals surface area contributed by atoms with Crippen molar-refractivity contribution in [3.8, 4) is 0 Å². The van der Waals surface area contributed by atoms with Gasteiger partial charge in [0.25, 0.3) is 0 Å². The van der Waals surface area contributed by atoms with E-state index in [4.69, 9.17) is 4.74 Å². The summed E-state index contributed by atoms with van der Waals surface area (Å²) >= 11 is 0. The molecule has 1 aliphatic heterocycles. The fourth-order valence-corrected chi connectivity index (χ4v) is 3.09. The summed E-state index contributed by atoms with van der Waals surface area (Å²) in [5, 5.41) is 0. The van der Waals surface area contributed by atoms with Crippen LogP contribution in [0.25, 0.3) is 0 Å². The molecule has 0 aliphatic carbocycles. The maximum atomic E-state index is 13.4. The van der Waals surface area contributed by atoms with Gasteiger partial charge in [0.05, 0.1) is 34.2 Å². The molecule has 1 aliphatic rings. The van der Waals surface area contributed by atoms with Gasteiger partial charge in [-0.05, 0) is 19.2 Å². The van der Waals surface area contributed by atoms with Crippen LogP contribution in [0.4, 0.5) is 4.39 Å². The van der Waals surface area contributed by atoms with Gasteiger partial charge in [0.15, 0.2) is 0 Å². The number of rotatable bonds is 3. The van der Waals surface area contributed by atoms with Crippen molar-refractivity contribution < 1.29 is 13.3 Å². The first-order valence-electron chi connectivity index (χ1n) is 5.60. The van der Waals surface area contributed by atoms with Gasteiger partial charge in [0.1, 0.15) is 5.82 Å². The van der Waals surface area contributed by atoms with E-state index in [0.717, 1.165) is 13.1 Å². The van der Waals surface area contributed by atoms with E-state index in [9.17, 15) is 8.60 Å². The third-order valence-corrected chi connectivity index (χ3v) is 4.26. The predicted octanol–water partition coefficient (Wildman–Crippen LogP) is 1.26. The third kappa shape index (κ3) is 3.34. The lowest BCUT2D eigenvalue weighted by atomic mass is 10.3. The highest BCUT2D eigenvalue weighted by Gasteiger charge is 2.21. The van der Waals surface area contributed by atoms with Crippen LogP contribution >= 0.6 is 0 Å². The molecule has 0 bridgehead atoms. The zero-order chi connectivity index (χ0) is 12.3. The van der Waals surface area contributed by atoms with E-state index in [2.05, 4.69) is 4.90 Å². The summed E-state index contributed by atoms with van der Waals surface area (Å²) in [6.07, 6.45) is -0.0748. The van der Waals surface area contributed by atoms with Crippen molar-refractivity contribution in [3.63, 3.8) is 0 Å². The molecule has 0 N–H and O–H groups in total. The Kier molecular flexibility index (Phi) is 4.25. The van der Waals surface area contributed by atoms with Gasteiger partial charge in [-0.3, -0.25) is 4.21 Å². The molecule has 1 aromatic carbocycles. The van der Waals surface area contributed by atoms with Gasteiger partial charge in [-0.15, -0.1) is 0 Å². The number of benzene rings is 1. The zero-order valence-electron chi connectivity index (χ0n) is 9.77. The maximum Gasteiger partial charge on any atom is 0.139 e. The van der Waals surface area contributed by atoms with Crippen molar-refractivity contribution in [1.29, 1.82) is 0 Å². The topological polar surface area (TPSA) is 29.5 Å². The summed E-state index contributed by atoms with van der Waals surface area (Å²) in [7, 11) is 0.667. The van der Waals surface area contributed by atoms with Crippen LogP contribution in [0.5, 0.6) is 0 Å². The second-order valence-electron chi connectivity index (χ2n) is 4.20.